The molecule has 26 heavy (non-hydrogen) atoms. The van der Waals surface area contributed by atoms with Gasteiger partial charge in [-0.05, 0) is 19.8 Å². The van der Waals surface area contributed by atoms with Crippen molar-refractivity contribution in [2.75, 3.05) is 39.5 Å². The molecule has 0 bridgehead atoms. The second kappa shape index (κ2) is 10.5. The summed E-state index contributed by atoms with van der Waals surface area (Å²) in [7, 11) is 0. The van der Waals surface area contributed by atoms with Crippen LogP contribution < -0.4 is 10.6 Å². The first-order chi connectivity index (χ1) is 12.5. The third kappa shape index (κ3) is 7.29. The van der Waals surface area contributed by atoms with Gasteiger partial charge >= 0.3 is 0 Å². The van der Waals surface area contributed by atoms with E-state index >= 15 is 0 Å². The number of hydrogen-bond acceptors (Lipinski definition) is 6. The molecule has 0 radical (unpaired) electrons. The molecule has 2 heterocycles. The van der Waals surface area contributed by atoms with Gasteiger partial charge in [-0.25, -0.2) is 4.99 Å². The van der Waals surface area contributed by atoms with Crippen LogP contribution >= 0.6 is 0 Å². The fourth-order valence-electron chi connectivity index (χ4n) is 2.46. The molecule has 1 aliphatic rings. The summed E-state index contributed by atoms with van der Waals surface area (Å²) in [5.74, 6) is 2.54. The second-order valence-electron chi connectivity index (χ2n) is 7.55. The predicted octanol–water partition coefficient (Wildman–Crippen LogP) is 1.87. The minimum absolute atomic E-state index is 0.150. The molecule has 8 nitrogen and oxygen atoms in total. The maximum absolute atomic E-state index is 5.71. The zero-order valence-corrected chi connectivity index (χ0v) is 16.5. The maximum atomic E-state index is 5.71. The summed E-state index contributed by atoms with van der Waals surface area (Å²) in [4.78, 5) is 8.91. The molecule has 1 fully saturated rings. The molecular formula is C18H33N5O3. The lowest BCUT2D eigenvalue weighted by Gasteiger charge is -2.12. The van der Waals surface area contributed by atoms with Crippen molar-refractivity contribution in [1.29, 1.82) is 0 Å². The van der Waals surface area contributed by atoms with E-state index in [1.54, 1.807) is 0 Å². The van der Waals surface area contributed by atoms with Crippen LogP contribution in [0.25, 0.3) is 0 Å². The van der Waals surface area contributed by atoms with E-state index in [0.717, 1.165) is 58.3 Å². The highest BCUT2D eigenvalue weighted by Crippen LogP contribution is 2.19. The number of rotatable bonds is 9. The Morgan fingerprint density at radius 2 is 2.19 bits per heavy atom. The van der Waals surface area contributed by atoms with Crippen molar-refractivity contribution < 1.29 is 14.0 Å². The summed E-state index contributed by atoms with van der Waals surface area (Å²) >= 11 is 0. The normalized spacial score (nSPS) is 18.3. The second-order valence-corrected chi connectivity index (χ2v) is 7.55. The zero-order chi connectivity index (χ0) is 18.8. The zero-order valence-electron chi connectivity index (χ0n) is 16.5. The van der Waals surface area contributed by atoms with Gasteiger partial charge in [0.25, 0.3) is 0 Å². The number of hydrogen-bond donors (Lipinski definition) is 2. The smallest absolute Gasteiger partial charge is 0.232 e. The average Bonchev–Trinajstić information content (AvgIpc) is 3.26. The molecule has 1 atom stereocenters. The Hall–Kier alpha value is -1.67. The van der Waals surface area contributed by atoms with Gasteiger partial charge in [0.05, 0.1) is 13.2 Å². The number of aliphatic imine (C=N–C) groups is 1. The summed E-state index contributed by atoms with van der Waals surface area (Å²) in [5.41, 5.74) is -0.150. The largest absolute Gasteiger partial charge is 0.381 e. The van der Waals surface area contributed by atoms with Gasteiger partial charge in [0, 0.05) is 37.6 Å². The van der Waals surface area contributed by atoms with Crippen molar-refractivity contribution in [3.8, 4) is 0 Å². The molecule has 1 aliphatic heterocycles. The van der Waals surface area contributed by atoms with Gasteiger partial charge in [-0.2, -0.15) is 4.98 Å². The quantitative estimate of drug-likeness (QED) is 0.391. The summed E-state index contributed by atoms with van der Waals surface area (Å²) in [5, 5.41) is 10.5. The first kappa shape index (κ1) is 20.6. The van der Waals surface area contributed by atoms with E-state index in [2.05, 4.69) is 25.8 Å². The van der Waals surface area contributed by atoms with Crippen LogP contribution in [0, 0.1) is 5.92 Å². The predicted molar refractivity (Wildman–Crippen MR) is 100 cm³/mol. The first-order valence-electron chi connectivity index (χ1n) is 9.49. The third-order valence-corrected chi connectivity index (χ3v) is 3.97. The van der Waals surface area contributed by atoms with Crippen LogP contribution in [0.5, 0.6) is 0 Å². The van der Waals surface area contributed by atoms with Crippen LogP contribution in [-0.2, 0) is 21.4 Å². The van der Waals surface area contributed by atoms with Crippen LogP contribution in [0.2, 0.25) is 0 Å². The Bertz CT molecular complexity index is 547. The van der Waals surface area contributed by atoms with Gasteiger partial charge < -0.3 is 24.6 Å². The lowest BCUT2D eigenvalue weighted by atomic mass is 9.97. The topological polar surface area (TPSA) is 93.8 Å². The molecule has 2 N–H and O–H groups in total. The van der Waals surface area contributed by atoms with Crippen LogP contribution in [-0.4, -0.2) is 55.6 Å². The molecule has 1 unspecified atom stereocenters. The molecule has 1 saturated heterocycles. The van der Waals surface area contributed by atoms with Crippen LogP contribution in [0.4, 0.5) is 0 Å². The van der Waals surface area contributed by atoms with E-state index in [1.165, 1.54) is 0 Å². The third-order valence-electron chi connectivity index (χ3n) is 3.97. The Morgan fingerprint density at radius 3 is 2.85 bits per heavy atom. The van der Waals surface area contributed by atoms with Crippen LogP contribution in [0.3, 0.4) is 0 Å². The highest BCUT2D eigenvalue weighted by atomic mass is 16.5. The Labute approximate surface area is 156 Å². The average molecular weight is 367 g/mol. The molecule has 148 valence electrons. The number of aromatic nitrogens is 2. The van der Waals surface area contributed by atoms with E-state index in [9.17, 15) is 0 Å². The molecule has 0 aromatic carbocycles. The Kier molecular flexibility index (Phi) is 8.31. The van der Waals surface area contributed by atoms with Crippen molar-refractivity contribution in [1.82, 2.24) is 20.8 Å². The lowest BCUT2D eigenvalue weighted by Crippen LogP contribution is -2.38. The van der Waals surface area contributed by atoms with Gasteiger partial charge in [-0.3, -0.25) is 0 Å². The number of nitrogens with one attached hydrogen (secondary N) is 2. The van der Waals surface area contributed by atoms with Crippen molar-refractivity contribution in [3.63, 3.8) is 0 Å². The van der Waals surface area contributed by atoms with Crippen molar-refractivity contribution in [2.24, 2.45) is 10.9 Å². The summed E-state index contributed by atoms with van der Waals surface area (Å²) in [6.45, 7) is 13.4. The van der Waals surface area contributed by atoms with Crippen LogP contribution in [0.15, 0.2) is 9.52 Å². The summed E-state index contributed by atoms with van der Waals surface area (Å²) in [6.07, 6.45) is 2.04. The van der Waals surface area contributed by atoms with Gasteiger partial charge in [-0.15, -0.1) is 0 Å². The van der Waals surface area contributed by atoms with E-state index < -0.39 is 0 Å². The fourth-order valence-corrected chi connectivity index (χ4v) is 2.46. The van der Waals surface area contributed by atoms with Crippen molar-refractivity contribution >= 4 is 5.96 Å². The van der Waals surface area contributed by atoms with E-state index in [0.29, 0.717) is 24.2 Å². The Balaban J connectivity index is 1.68. The molecule has 1 aromatic rings. The molecule has 0 saturated carbocycles. The maximum Gasteiger partial charge on any atom is 0.232 e. The molecule has 2 rings (SSSR count). The van der Waals surface area contributed by atoms with Gasteiger partial charge in [0.2, 0.25) is 5.89 Å². The fraction of sp³-hybridized carbons (Fsp3) is 0.833. The number of nitrogens with zero attached hydrogens (tertiary/aromatic N) is 3. The minimum atomic E-state index is -0.150. The van der Waals surface area contributed by atoms with Crippen LogP contribution in [0.1, 0.15) is 52.3 Å². The van der Waals surface area contributed by atoms with Gasteiger partial charge in [0.15, 0.2) is 11.8 Å². The van der Waals surface area contributed by atoms with E-state index in [-0.39, 0.29) is 5.41 Å². The molecule has 1 aromatic heterocycles. The molecule has 0 amide bonds. The first-order valence-corrected chi connectivity index (χ1v) is 9.49. The molecule has 0 spiro atoms. The Morgan fingerprint density at radius 1 is 1.35 bits per heavy atom. The molecule has 0 aliphatic carbocycles. The van der Waals surface area contributed by atoms with Gasteiger partial charge in [0.1, 0.15) is 6.54 Å². The SMILES string of the molecule is CCNC(=NCc1noc(C(C)(C)C)n1)NCCCOCC1CCOC1. The molecule has 8 heteroatoms. The van der Waals surface area contributed by atoms with Crippen molar-refractivity contribution in [3.05, 3.63) is 11.7 Å². The highest BCUT2D eigenvalue weighted by molar-refractivity contribution is 5.79. The number of ether oxygens (including phenoxy) is 2. The lowest BCUT2D eigenvalue weighted by molar-refractivity contribution is 0.0888. The number of guanidine groups is 1. The molecular weight excluding hydrogens is 334 g/mol. The monoisotopic (exact) mass is 367 g/mol. The highest BCUT2D eigenvalue weighted by Gasteiger charge is 2.21. The van der Waals surface area contributed by atoms with Gasteiger partial charge in [-0.1, -0.05) is 25.9 Å². The summed E-state index contributed by atoms with van der Waals surface area (Å²) < 4.78 is 16.3. The summed E-state index contributed by atoms with van der Waals surface area (Å²) in [6, 6.07) is 0. The van der Waals surface area contributed by atoms with Crippen molar-refractivity contribution in [2.45, 2.75) is 52.5 Å². The van der Waals surface area contributed by atoms with E-state index in [1.807, 2.05) is 27.7 Å². The van der Waals surface area contributed by atoms with E-state index in [4.69, 9.17) is 14.0 Å². The standard InChI is InChI=1S/C18H33N5O3/c1-5-19-17(20-8-6-9-24-12-14-7-10-25-13-14)21-11-15-22-16(26-23-15)18(2,3)4/h14H,5-13H2,1-4H3,(H2,19,20,21). The minimum Gasteiger partial charge on any atom is -0.381 e.